The summed E-state index contributed by atoms with van der Waals surface area (Å²) >= 11 is 3.74. The molecule has 1 atom stereocenters. The van der Waals surface area contributed by atoms with Crippen molar-refractivity contribution in [3.8, 4) is 5.75 Å². The van der Waals surface area contributed by atoms with Crippen molar-refractivity contribution >= 4 is 21.6 Å². The van der Waals surface area contributed by atoms with Crippen LogP contribution in [0.15, 0.2) is 46.9 Å². The van der Waals surface area contributed by atoms with Gasteiger partial charge in [0.2, 0.25) is 0 Å². The number of nitrogens with one attached hydrogen (secondary N) is 1. The lowest BCUT2D eigenvalue weighted by Gasteiger charge is -2.36. The molecule has 156 valence electrons. The largest absolute Gasteiger partial charge is 0.491 e. The van der Waals surface area contributed by atoms with E-state index >= 15 is 0 Å². The van der Waals surface area contributed by atoms with Crippen LogP contribution in [0.3, 0.4) is 0 Å². The Labute approximate surface area is 184 Å². The standard InChI is InChI=1S/C25H33BrN2O/c1-18(2)29-23-7-8-24(26)22(15-23)13-19-9-11-28(12-10-19)17-20-14-21-5-3-4-6-25(21)27-16-20/h3-8,15,18-20,27H,9-14,16-17H2,1-2H3. The van der Waals surface area contributed by atoms with Crippen LogP contribution >= 0.6 is 15.9 Å². The van der Waals surface area contributed by atoms with E-state index in [-0.39, 0.29) is 6.10 Å². The first kappa shape index (κ1) is 20.7. The first-order chi connectivity index (χ1) is 14.1. The Morgan fingerprint density at radius 3 is 2.69 bits per heavy atom. The van der Waals surface area contributed by atoms with Gasteiger partial charge in [0.25, 0.3) is 0 Å². The molecule has 2 aliphatic rings. The molecule has 0 aromatic heterocycles. The summed E-state index contributed by atoms with van der Waals surface area (Å²) in [5.74, 6) is 2.48. The second kappa shape index (κ2) is 9.53. The highest BCUT2D eigenvalue weighted by molar-refractivity contribution is 9.10. The second-order valence-electron chi connectivity index (χ2n) is 8.98. The Balaban J connectivity index is 1.27. The van der Waals surface area contributed by atoms with Gasteiger partial charge < -0.3 is 15.0 Å². The van der Waals surface area contributed by atoms with Gasteiger partial charge in [-0.05, 0) is 99.8 Å². The molecule has 1 fully saturated rings. The van der Waals surface area contributed by atoms with E-state index in [2.05, 4.69) is 82.5 Å². The van der Waals surface area contributed by atoms with Crippen LogP contribution in [0, 0.1) is 11.8 Å². The number of likely N-dealkylation sites (tertiary alicyclic amines) is 1. The normalized spacial score (nSPS) is 20.3. The summed E-state index contributed by atoms with van der Waals surface area (Å²) in [5.41, 5.74) is 4.19. The van der Waals surface area contributed by atoms with Crippen molar-refractivity contribution in [3.05, 3.63) is 58.1 Å². The van der Waals surface area contributed by atoms with E-state index in [1.807, 2.05) is 0 Å². The minimum absolute atomic E-state index is 0.216. The number of piperidine rings is 1. The molecule has 29 heavy (non-hydrogen) atoms. The fraction of sp³-hybridized carbons (Fsp3) is 0.520. The molecule has 4 rings (SSSR count). The van der Waals surface area contributed by atoms with Gasteiger partial charge in [0.1, 0.15) is 5.75 Å². The Morgan fingerprint density at radius 2 is 1.90 bits per heavy atom. The number of hydrogen-bond acceptors (Lipinski definition) is 3. The third-order valence-corrected chi connectivity index (χ3v) is 7.00. The highest BCUT2D eigenvalue weighted by atomic mass is 79.9. The molecule has 1 N–H and O–H groups in total. The van der Waals surface area contributed by atoms with E-state index in [0.717, 1.165) is 30.6 Å². The van der Waals surface area contributed by atoms with Crippen LogP contribution in [0.1, 0.15) is 37.8 Å². The molecule has 2 heterocycles. The number of para-hydroxylation sites is 1. The molecule has 2 aromatic carbocycles. The van der Waals surface area contributed by atoms with E-state index in [1.165, 1.54) is 60.2 Å². The first-order valence-corrected chi connectivity index (χ1v) is 11.9. The Kier molecular flexibility index (Phi) is 6.81. The minimum atomic E-state index is 0.216. The Morgan fingerprint density at radius 1 is 1.10 bits per heavy atom. The van der Waals surface area contributed by atoms with Gasteiger partial charge in [-0.2, -0.15) is 0 Å². The molecule has 0 bridgehead atoms. The molecular formula is C25H33BrN2O. The summed E-state index contributed by atoms with van der Waals surface area (Å²) in [5, 5.41) is 3.62. The van der Waals surface area contributed by atoms with Gasteiger partial charge in [0.05, 0.1) is 6.10 Å². The smallest absolute Gasteiger partial charge is 0.120 e. The summed E-state index contributed by atoms with van der Waals surface area (Å²) in [6, 6.07) is 15.2. The van der Waals surface area contributed by atoms with Gasteiger partial charge in [-0.25, -0.2) is 0 Å². The number of ether oxygens (including phenoxy) is 1. The van der Waals surface area contributed by atoms with E-state index < -0.39 is 0 Å². The number of benzene rings is 2. The quantitative estimate of drug-likeness (QED) is 0.596. The molecule has 0 radical (unpaired) electrons. The maximum Gasteiger partial charge on any atom is 0.120 e. The summed E-state index contributed by atoms with van der Waals surface area (Å²) < 4.78 is 7.10. The second-order valence-corrected chi connectivity index (χ2v) is 9.83. The molecule has 1 saturated heterocycles. The molecule has 1 unspecified atom stereocenters. The molecular weight excluding hydrogens is 424 g/mol. The van der Waals surface area contributed by atoms with Gasteiger partial charge in [-0.1, -0.05) is 34.1 Å². The lowest BCUT2D eigenvalue weighted by molar-refractivity contribution is 0.161. The molecule has 2 aliphatic heterocycles. The Hall–Kier alpha value is -1.52. The zero-order valence-corrected chi connectivity index (χ0v) is 19.2. The summed E-state index contributed by atoms with van der Waals surface area (Å²) in [6.07, 6.45) is 5.14. The summed E-state index contributed by atoms with van der Waals surface area (Å²) in [6.45, 7) is 8.93. The predicted molar refractivity (Wildman–Crippen MR) is 125 cm³/mol. The average molecular weight is 457 g/mol. The Bertz CT molecular complexity index is 814. The lowest BCUT2D eigenvalue weighted by Crippen LogP contribution is -2.40. The van der Waals surface area contributed by atoms with E-state index in [0.29, 0.717) is 0 Å². The number of nitrogens with zero attached hydrogens (tertiary/aromatic N) is 1. The molecule has 3 nitrogen and oxygen atoms in total. The van der Waals surface area contributed by atoms with Crippen molar-refractivity contribution in [2.75, 3.05) is 31.5 Å². The number of fused-ring (bicyclic) bond motifs is 1. The van der Waals surface area contributed by atoms with E-state index in [9.17, 15) is 0 Å². The monoisotopic (exact) mass is 456 g/mol. The predicted octanol–water partition coefficient (Wildman–Crippen LogP) is 5.78. The van der Waals surface area contributed by atoms with Crippen LogP contribution in [0.2, 0.25) is 0 Å². The molecule has 0 aliphatic carbocycles. The van der Waals surface area contributed by atoms with Crippen LogP contribution in [0.4, 0.5) is 5.69 Å². The van der Waals surface area contributed by atoms with Crippen LogP contribution in [0.25, 0.3) is 0 Å². The number of hydrogen-bond donors (Lipinski definition) is 1. The van der Waals surface area contributed by atoms with Gasteiger partial charge in [-0.3, -0.25) is 0 Å². The number of anilines is 1. The maximum absolute atomic E-state index is 5.89. The maximum atomic E-state index is 5.89. The highest BCUT2D eigenvalue weighted by Crippen LogP contribution is 2.30. The van der Waals surface area contributed by atoms with E-state index in [1.54, 1.807) is 0 Å². The van der Waals surface area contributed by atoms with Crippen molar-refractivity contribution in [3.63, 3.8) is 0 Å². The zero-order valence-electron chi connectivity index (χ0n) is 17.7. The summed E-state index contributed by atoms with van der Waals surface area (Å²) in [4.78, 5) is 2.68. The number of rotatable bonds is 6. The highest BCUT2D eigenvalue weighted by Gasteiger charge is 2.25. The number of halogens is 1. The first-order valence-electron chi connectivity index (χ1n) is 11.1. The van der Waals surface area contributed by atoms with Gasteiger partial charge in [-0.15, -0.1) is 0 Å². The fourth-order valence-electron chi connectivity index (χ4n) is 4.74. The van der Waals surface area contributed by atoms with Gasteiger partial charge >= 0.3 is 0 Å². The molecule has 0 spiro atoms. The van der Waals surface area contributed by atoms with Crippen LogP contribution in [-0.2, 0) is 12.8 Å². The third-order valence-electron chi connectivity index (χ3n) is 6.23. The van der Waals surface area contributed by atoms with E-state index in [4.69, 9.17) is 4.74 Å². The van der Waals surface area contributed by atoms with Gasteiger partial charge in [0, 0.05) is 23.2 Å². The zero-order chi connectivity index (χ0) is 20.2. The topological polar surface area (TPSA) is 24.5 Å². The average Bonchev–Trinajstić information content (AvgIpc) is 2.71. The lowest BCUT2D eigenvalue weighted by atomic mass is 9.88. The van der Waals surface area contributed by atoms with Crippen molar-refractivity contribution in [2.45, 2.75) is 45.6 Å². The molecule has 0 amide bonds. The molecule has 0 saturated carbocycles. The SMILES string of the molecule is CC(C)Oc1ccc(Br)c(CC2CCN(CC3CNc4ccccc4C3)CC2)c1. The van der Waals surface area contributed by atoms with Crippen LogP contribution in [0.5, 0.6) is 5.75 Å². The summed E-state index contributed by atoms with van der Waals surface area (Å²) in [7, 11) is 0. The van der Waals surface area contributed by atoms with Crippen molar-refractivity contribution in [1.82, 2.24) is 4.90 Å². The molecule has 2 aromatic rings. The van der Waals surface area contributed by atoms with Crippen LogP contribution in [-0.4, -0.2) is 37.2 Å². The minimum Gasteiger partial charge on any atom is -0.491 e. The van der Waals surface area contributed by atoms with Gasteiger partial charge in [0.15, 0.2) is 0 Å². The van der Waals surface area contributed by atoms with Crippen molar-refractivity contribution in [1.29, 1.82) is 0 Å². The van der Waals surface area contributed by atoms with Crippen molar-refractivity contribution in [2.24, 2.45) is 11.8 Å². The van der Waals surface area contributed by atoms with Crippen LogP contribution < -0.4 is 10.1 Å². The van der Waals surface area contributed by atoms with Crippen molar-refractivity contribution < 1.29 is 4.74 Å². The fourth-order valence-corrected chi connectivity index (χ4v) is 5.15. The molecule has 4 heteroatoms. The third kappa shape index (κ3) is 5.55.